The number of imide groups is 2. The van der Waals surface area contributed by atoms with E-state index < -0.39 is 29.7 Å². The van der Waals surface area contributed by atoms with Crippen LogP contribution in [0.3, 0.4) is 0 Å². The Hall–Kier alpha value is -6.07. The number of hydrogen-bond acceptors (Lipinski definition) is 13. The summed E-state index contributed by atoms with van der Waals surface area (Å²) in [5, 5.41) is 12.8. The topological polar surface area (TPSA) is 200 Å². The summed E-state index contributed by atoms with van der Waals surface area (Å²) in [6, 6.07) is 11.8. The van der Waals surface area contributed by atoms with Gasteiger partial charge in [-0.3, -0.25) is 39.0 Å². The Kier molecular flexibility index (Phi) is 11.1. The summed E-state index contributed by atoms with van der Waals surface area (Å²) in [5.74, 6) is -0.658. The van der Waals surface area contributed by atoms with Crippen molar-refractivity contribution in [1.82, 2.24) is 35.0 Å². The van der Waals surface area contributed by atoms with E-state index in [1.807, 2.05) is 24.3 Å². The Balaban J connectivity index is 0.783. The molecular formula is C43H47ClN10O7. The second kappa shape index (κ2) is 16.8. The highest BCUT2D eigenvalue weighted by Gasteiger charge is 2.46. The number of aromatic nitrogens is 3. The fourth-order valence-electron chi connectivity index (χ4n) is 8.94. The number of benzene rings is 2. The lowest BCUT2D eigenvalue weighted by Crippen LogP contribution is -2.54. The lowest BCUT2D eigenvalue weighted by molar-refractivity contribution is -0.136. The monoisotopic (exact) mass is 850 g/mol. The summed E-state index contributed by atoms with van der Waals surface area (Å²) in [6.45, 7) is 4.14. The third-order valence-electron chi connectivity index (χ3n) is 12.4. The van der Waals surface area contributed by atoms with Crippen LogP contribution in [0.1, 0.15) is 78.1 Å². The average Bonchev–Trinajstić information content (AvgIpc) is 4.07. The molecule has 2 aromatic carbocycles. The van der Waals surface area contributed by atoms with E-state index in [9.17, 15) is 28.8 Å². The summed E-state index contributed by atoms with van der Waals surface area (Å²) < 4.78 is 7.39. The minimum atomic E-state index is -1.00. The Morgan fingerprint density at radius 2 is 1.72 bits per heavy atom. The van der Waals surface area contributed by atoms with Gasteiger partial charge in [0.25, 0.3) is 23.3 Å². The molecule has 6 heterocycles. The van der Waals surface area contributed by atoms with Gasteiger partial charge in [0.1, 0.15) is 11.1 Å². The number of likely N-dealkylation sites (tertiary alicyclic amines) is 1. The molecule has 1 saturated carbocycles. The van der Waals surface area contributed by atoms with Crippen molar-refractivity contribution in [3.05, 3.63) is 75.2 Å². The van der Waals surface area contributed by atoms with Crippen molar-refractivity contribution < 1.29 is 28.7 Å². The number of ether oxygens (including phenoxy) is 1. The quantitative estimate of drug-likeness (QED) is 0.150. The Bertz CT molecular complexity index is 2490. The normalized spacial score (nSPS) is 20.2. The van der Waals surface area contributed by atoms with Gasteiger partial charge in [0.15, 0.2) is 18.2 Å². The predicted octanol–water partition coefficient (Wildman–Crippen LogP) is 3.84. The van der Waals surface area contributed by atoms with Gasteiger partial charge >= 0.3 is 0 Å². The Morgan fingerprint density at radius 3 is 2.46 bits per heavy atom. The highest BCUT2D eigenvalue weighted by Crippen LogP contribution is 2.38. The van der Waals surface area contributed by atoms with Gasteiger partial charge < -0.3 is 35.1 Å². The molecule has 61 heavy (non-hydrogen) atoms. The van der Waals surface area contributed by atoms with Crippen molar-refractivity contribution >= 4 is 75.2 Å². The number of hydrogen-bond donors (Lipinski definition) is 4. The van der Waals surface area contributed by atoms with Gasteiger partial charge in [-0.15, -0.1) is 0 Å². The van der Waals surface area contributed by atoms with Crippen molar-refractivity contribution in [2.45, 2.75) is 69.5 Å². The molecule has 5 aliphatic rings. The number of fused-ring (bicyclic) bond motifs is 2. The summed E-state index contributed by atoms with van der Waals surface area (Å²) in [7, 11) is 1.52. The van der Waals surface area contributed by atoms with Gasteiger partial charge in [-0.1, -0.05) is 17.7 Å². The number of amides is 5. The number of piperidine rings is 3. The number of carbonyl (C=O) groups excluding carboxylic acids is 5. The van der Waals surface area contributed by atoms with Crippen LogP contribution in [0.2, 0.25) is 5.02 Å². The first-order chi connectivity index (χ1) is 29.5. The molecule has 17 nitrogen and oxygen atoms in total. The molecule has 1 atom stereocenters. The van der Waals surface area contributed by atoms with Gasteiger partial charge in [-0.2, -0.15) is 4.98 Å². The highest BCUT2D eigenvalue weighted by molar-refractivity contribution is 6.33. The third kappa shape index (κ3) is 8.23. The van der Waals surface area contributed by atoms with E-state index >= 15 is 0 Å². The van der Waals surface area contributed by atoms with Crippen molar-refractivity contribution in [1.29, 1.82) is 0 Å². The van der Waals surface area contributed by atoms with E-state index in [2.05, 4.69) is 36.1 Å². The van der Waals surface area contributed by atoms with E-state index in [1.54, 1.807) is 29.0 Å². The van der Waals surface area contributed by atoms with Crippen molar-refractivity contribution in [2.24, 2.45) is 5.92 Å². The summed E-state index contributed by atoms with van der Waals surface area (Å²) in [5.41, 5.74) is 2.42. The highest BCUT2D eigenvalue weighted by atomic mass is 35.5. The van der Waals surface area contributed by atoms with Gasteiger partial charge in [0.05, 0.1) is 22.8 Å². The summed E-state index contributed by atoms with van der Waals surface area (Å²) >= 11 is 6.60. The molecule has 5 amide bonds. The van der Waals surface area contributed by atoms with Crippen LogP contribution in [0.15, 0.2) is 53.5 Å². The standard InChI is InChI=1S/C43H47ClN10O7/c1-45-36(56)23-61-34-20-25-19-27(5-8-32(25)53(41(34)59)28-6-7-28)48-38-30(44)21-46-43(50-38)52-17-11-24(12-18-52)22-51-15-13-26(14-16-51)47-31-4-2-3-29-37(31)42(60)54(40(29)58)33-9-10-35(55)49-39(33)57/h2-5,8,19-21,24,26,28,33,47H,6-7,9-18,22-23H2,1H3,(H,45,56)(H,46,48,50)(H,49,55,57). The van der Waals surface area contributed by atoms with Crippen LogP contribution >= 0.6 is 11.6 Å². The van der Waals surface area contributed by atoms with Gasteiger partial charge in [0, 0.05) is 75.0 Å². The third-order valence-corrected chi connectivity index (χ3v) is 12.7. The zero-order valence-corrected chi connectivity index (χ0v) is 34.5. The molecule has 318 valence electrons. The molecule has 1 unspecified atom stereocenters. The number of nitrogens with zero attached hydrogens (tertiary/aromatic N) is 6. The van der Waals surface area contributed by atoms with Crippen LogP contribution in [-0.4, -0.2) is 112 Å². The van der Waals surface area contributed by atoms with Crippen molar-refractivity contribution in [2.75, 3.05) is 61.9 Å². The lowest BCUT2D eigenvalue weighted by atomic mass is 9.94. The van der Waals surface area contributed by atoms with E-state index in [0.29, 0.717) is 28.4 Å². The molecule has 4 aromatic rings. The van der Waals surface area contributed by atoms with Crippen LogP contribution in [0.5, 0.6) is 5.75 Å². The van der Waals surface area contributed by atoms with E-state index in [1.165, 1.54) is 7.05 Å². The van der Waals surface area contributed by atoms with Crippen molar-refractivity contribution in [3.63, 3.8) is 0 Å². The molecule has 9 rings (SSSR count). The molecule has 0 spiro atoms. The number of rotatable bonds is 12. The van der Waals surface area contributed by atoms with Crippen LogP contribution in [0.4, 0.5) is 23.1 Å². The molecule has 0 bridgehead atoms. The number of carbonyl (C=O) groups is 5. The maximum Gasteiger partial charge on any atom is 0.293 e. The Labute approximate surface area is 356 Å². The SMILES string of the molecule is CNC(=O)COc1cc2cc(Nc3nc(N4CCC(CN5CCC(Nc6cccc7c6C(=O)N(C6CCC(=O)NC6=O)C7=O)CC5)CC4)ncc3Cl)ccc2n(C2CC2)c1=O. The minimum Gasteiger partial charge on any atom is -0.478 e. The lowest BCUT2D eigenvalue weighted by Gasteiger charge is -2.38. The fraction of sp³-hybridized carbons (Fsp3) is 0.442. The summed E-state index contributed by atoms with van der Waals surface area (Å²) in [4.78, 5) is 91.3. The number of halogens is 1. The maximum absolute atomic E-state index is 13.6. The number of likely N-dealkylation sites (N-methyl/N-ethyl adjacent to an activating group) is 1. The summed E-state index contributed by atoms with van der Waals surface area (Å²) in [6.07, 6.45) is 7.34. The van der Waals surface area contributed by atoms with Crippen LogP contribution in [0.25, 0.3) is 10.9 Å². The number of nitrogens with one attached hydrogen (secondary N) is 4. The first kappa shape index (κ1) is 40.3. The Morgan fingerprint density at radius 1 is 0.934 bits per heavy atom. The first-order valence-corrected chi connectivity index (χ1v) is 21.3. The van der Waals surface area contributed by atoms with E-state index in [0.717, 1.165) is 92.7 Å². The maximum atomic E-state index is 13.6. The molecule has 2 aromatic heterocycles. The molecule has 4 fully saturated rings. The number of pyridine rings is 1. The first-order valence-electron chi connectivity index (χ1n) is 20.9. The zero-order valence-electron chi connectivity index (χ0n) is 33.7. The van der Waals surface area contributed by atoms with Gasteiger partial charge in [-0.25, -0.2) is 4.98 Å². The molecule has 18 heteroatoms. The zero-order chi connectivity index (χ0) is 42.4. The van der Waals surface area contributed by atoms with E-state index in [-0.39, 0.29) is 59.9 Å². The minimum absolute atomic E-state index is 0.0760. The predicted molar refractivity (Wildman–Crippen MR) is 228 cm³/mol. The molecule has 3 saturated heterocycles. The second-order valence-corrected chi connectivity index (χ2v) is 16.9. The van der Waals surface area contributed by atoms with Gasteiger partial charge in [-0.05, 0) is 87.3 Å². The second-order valence-electron chi connectivity index (χ2n) is 16.5. The molecule has 4 aliphatic heterocycles. The van der Waals surface area contributed by atoms with Crippen LogP contribution in [-0.2, 0) is 14.4 Å². The van der Waals surface area contributed by atoms with Crippen LogP contribution in [0, 0.1) is 5.92 Å². The smallest absolute Gasteiger partial charge is 0.293 e. The molecule has 4 N–H and O–H groups in total. The van der Waals surface area contributed by atoms with Crippen LogP contribution < -0.4 is 36.5 Å². The van der Waals surface area contributed by atoms with E-state index in [4.69, 9.17) is 21.3 Å². The van der Waals surface area contributed by atoms with Crippen molar-refractivity contribution in [3.8, 4) is 5.75 Å². The largest absolute Gasteiger partial charge is 0.478 e. The number of anilines is 4. The average molecular weight is 851 g/mol. The fourth-order valence-corrected chi connectivity index (χ4v) is 9.08. The molecular weight excluding hydrogens is 804 g/mol. The van der Waals surface area contributed by atoms with Gasteiger partial charge in [0.2, 0.25) is 17.8 Å². The molecule has 1 aliphatic carbocycles. The molecule has 0 radical (unpaired) electrons.